The van der Waals surface area contributed by atoms with Gasteiger partial charge in [-0.05, 0) is 70.4 Å². The molecule has 202 valence electrons. The third kappa shape index (κ3) is 6.67. The van der Waals surface area contributed by atoms with Gasteiger partial charge in [-0.1, -0.05) is 6.07 Å². The molecule has 0 aliphatic heterocycles. The smallest absolute Gasteiger partial charge is 0.329 e. The van der Waals surface area contributed by atoms with Gasteiger partial charge in [-0.25, -0.2) is 18.4 Å². The van der Waals surface area contributed by atoms with Crippen molar-refractivity contribution in [2.75, 3.05) is 19.8 Å². The molecule has 0 unspecified atom stereocenters. The largest absolute Gasteiger partial charge is 0.493 e. The van der Waals surface area contributed by atoms with Crippen molar-refractivity contribution in [1.82, 2.24) is 15.2 Å². The van der Waals surface area contributed by atoms with E-state index in [1.165, 1.54) is 4.90 Å². The van der Waals surface area contributed by atoms with Gasteiger partial charge >= 0.3 is 12.0 Å². The summed E-state index contributed by atoms with van der Waals surface area (Å²) in [5, 5.41) is 12.0. The van der Waals surface area contributed by atoms with E-state index >= 15 is 0 Å². The fourth-order valence-electron chi connectivity index (χ4n) is 4.56. The van der Waals surface area contributed by atoms with E-state index < -0.39 is 42.3 Å². The molecule has 0 bridgehead atoms. The van der Waals surface area contributed by atoms with Crippen LogP contribution in [-0.2, 0) is 11.2 Å². The number of halogens is 2. The van der Waals surface area contributed by atoms with Gasteiger partial charge in [0.25, 0.3) is 5.92 Å². The monoisotopic (exact) mass is 519 g/mol. The first-order chi connectivity index (χ1) is 17.5. The Labute approximate surface area is 216 Å². The number of amides is 2. The summed E-state index contributed by atoms with van der Waals surface area (Å²) in [6.07, 6.45) is 0.928. The predicted molar refractivity (Wildman–Crippen MR) is 134 cm³/mol. The number of alkyl halides is 2. The number of aromatic nitrogens is 1. The van der Waals surface area contributed by atoms with Gasteiger partial charge in [-0.15, -0.1) is 0 Å². The Balaban J connectivity index is 1.89. The predicted octanol–water partition coefficient (Wildman–Crippen LogP) is 5.15. The van der Waals surface area contributed by atoms with Crippen LogP contribution in [0.3, 0.4) is 0 Å². The zero-order valence-electron chi connectivity index (χ0n) is 21.7. The molecule has 0 spiro atoms. The number of carbonyl (C=O) groups excluding carboxylic acids is 1. The number of hydrogen-bond acceptors (Lipinski definition) is 5. The number of rotatable bonds is 12. The maximum Gasteiger partial charge on any atom is 0.329 e. The number of nitrogens with one attached hydrogen (secondary N) is 1. The van der Waals surface area contributed by atoms with Crippen LogP contribution in [0.1, 0.15) is 62.9 Å². The fourth-order valence-corrected chi connectivity index (χ4v) is 4.56. The van der Waals surface area contributed by atoms with E-state index in [1.54, 1.807) is 13.1 Å². The van der Waals surface area contributed by atoms with Crippen LogP contribution < -0.4 is 14.8 Å². The zero-order chi connectivity index (χ0) is 27.2. The Kier molecular flexibility index (Phi) is 8.94. The Bertz CT molecular complexity index is 1060. The van der Waals surface area contributed by atoms with Crippen molar-refractivity contribution < 1.29 is 33.0 Å². The SMILES string of the molecule is CCOc1cc([C@@H](C)N(CCCc2ccccn2)C(=O)NC2(C(=O)O)CC(F)(F)C2)cc(OCC)c1C. The van der Waals surface area contributed by atoms with Gasteiger partial charge in [0.05, 0.1) is 19.3 Å². The Morgan fingerprint density at radius 2 is 1.78 bits per heavy atom. The van der Waals surface area contributed by atoms with E-state index in [0.29, 0.717) is 43.1 Å². The third-order valence-electron chi connectivity index (χ3n) is 6.58. The van der Waals surface area contributed by atoms with Crippen LogP contribution in [-0.4, -0.2) is 58.2 Å². The Morgan fingerprint density at radius 3 is 2.27 bits per heavy atom. The molecule has 37 heavy (non-hydrogen) atoms. The Morgan fingerprint density at radius 1 is 1.16 bits per heavy atom. The molecule has 2 aromatic rings. The van der Waals surface area contributed by atoms with Crippen LogP contribution in [0.4, 0.5) is 13.6 Å². The first-order valence-electron chi connectivity index (χ1n) is 12.5. The molecule has 1 aromatic heterocycles. The molecule has 8 nitrogen and oxygen atoms in total. The summed E-state index contributed by atoms with van der Waals surface area (Å²) in [4.78, 5) is 31.1. The summed E-state index contributed by atoms with van der Waals surface area (Å²) < 4.78 is 38.9. The molecule has 1 fully saturated rings. The lowest BCUT2D eigenvalue weighted by atomic mass is 9.73. The maximum absolute atomic E-state index is 13.7. The molecule has 1 aliphatic rings. The average molecular weight is 520 g/mol. The van der Waals surface area contributed by atoms with Crippen molar-refractivity contribution in [2.24, 2.45) is 0 Å². The van der Waals surface area contributed by atoms with E-state index in [4.69, 9.17) is 9.47 Å². The number of hydrogen-bond donors (Lipinski definition) is 2. The molecule has 1 saturated carbocycles. The van der Waals surface area contributed by atoms with Gasteiger partial charge in [-0.3, -0.25) is 4.98 Å². The minimum absolute atomic E-state index is 0.247. The van der Waals surface area contributed by atoms with Crippen LogP contribution in [0.5, 0.6) is 11.5 Å². The van der Waals surface area contributed by atoms with Crippen molar-refractivity contribution in [3.8, 4) is 11.5 Å². The van der Waals surface area contributed by atoms with Crippen molar-refractivity contribution in [1.29, 1.82) is 0 Å². The number of pyridine rings is 1. The van der Waals surface area contributed by atoms with Crippen LogP contribution in [0, 0.1) is 6.92 Å². The number of ether oxygens (including phenoxy) is 2. The Hall–Kier alpha value is -3.43. The molecular formula is C27H35F2N3O5. The summed E-state index contributed by atoms with van der Waals surface area (Å²) in [7, 11) is 0. The van der Waals surface area contributed by atoms with Gasteiger partial charge in [0.15, 0.2) is 5.54 Å². The second kappa shape index (κ2) is 11.7. The maximum atomic E-state index is 13.7. The minimum Gasteiger partial charge on any atom is -0.493 e. The van der Waals surface area contributed by atoms with Gasteiger partial charge in [0.1, 0.15) is 11.5 Å². The lowest BCUT2D eigenvalue weighted by molar-refractivity contribution is -0.175. The zero-order valence-corrected chi connectivity index (χ0v) is 21.7. The minimum atomic E-state index is -3.13. The first kappa shape index (κ1) is 28.1. The topological polar surface area (TPSA) is 101 Å². The molecule has 1 aliphatic carbocycles. The molecule has 1 aromatic carbocycles. The summed E-state index contributed by atoms with van der Waals surface area (Å²) in [5.74, 6) is -3.37. The molecular weight excluding hydrogens is 484 g/mol. The van der Waals surface area contributed by atoms with Crippen molar-refractivity contribution in [3.63, 3.8) is 0 Å². The second-order valence-corrected chi connectivity index (χ2v) is 9.33. The van der Waals surface area contributed by atoms with E-state index in [1.807, 2.05) is 51.1 Å². The number of aryl methyl sites for hydroxylation is 1. The standard InChI is InChI=1S/C27H35F2N3O5/c1-5-36-22-14-20(15-23(18(22)3)37-6-2)19(4)32(13-9-11-21-10-7-8-12-30-21)25(35)31-26(24(33)34)16-27(28,29)17-26/h7-8,10,12,14-15,19H,5-6,9,11,13,16-17H2,1-4H3,(H,31,35)(H,33,34)/t19-/m1/s1. The fraction of sp³-hybridized carbons (Fsp3) is 0.519. The van der Waals surface area contributed by atoms with E-state index in [0.717, 1.165) is 11.3 Å². The van der Waals surface area contributed by atoms with E-state index in [9.17, 15) is 23.5 Å². The van der Waals surface area contributed by atoms with Crippen molar-refractivity contribution in [2.45, 2.75) is 70.9 Å². The van der Waals surface area contributed by atoms with Crippen LogP contribution in [0.15, 0.2) is 36.5 Å². The number of nitrogens with zero attached hydrogens (tertiary/aromatic N) is 2. The molecule has 1 heterocycles. The highest BCUT2D eigenvalue weighted by molar-refractivity contribution is 5.88. The summed E-state index contributed by atoms with van der Waals surface area (Å²) >= 11 is 0. The van der Waals surface area contributed by atoms with Crippen molar-refractivity contribution in [3.05, 3.63) is 53.3 Å². The summed E-state index contributed by atoms with van der Waals surface area (Å²) in [6, 6.07) is 7.97. The number of carboxylic acids is 1. The number of carboxylic acid groups (broad SMARTS) is 1. The lowest BCUT2D eigenvalue weighted by Crippen LogP contribution is -2.68. The van der Waals surface area contributed by atoms with E-state index in [2.05, 4.69) is 10.3 Å². The molecule has 0 radical (unpaired) electrons. The molecule has 1 atom stereocenters. The van der Waals surface area contributed by atoms with Crippen LogP contribution in [0.2, 0.25) is 0 Å². The third-order valence-corrected chi connectivity index (χ3v) is 6.58. The summed E-state index contributed by atoms with van der Waals surface area (Å²) in [5.41, 5.74) is 0.393. The second-order valence-electron chi connectivity index (χ2n) is 9.33. The quantitative estimate of drug-likeness (QED) is 0.403. The molecule has 10 heteroatoms. The average Bonchev–Trinajstić information content (AvgIpc) is 2.83. The van der Waals surface area contributed by atoms with Crippen molar-refractivity contribution >= 4 is 12.0 Å². The lowest BCUT2D eigenvalue weighted by Gasteiger charge is -2.45. The molecule has 2 N–H and O–H groups in total. The van der Waals surface area contributed by atoms with Gasteiger partial charge in [0, 0.05) is 36.8 Å². The highest BCUT2D eigenvalue weighted by atomic mass is 19.3. The van der Waals surface area contributed by atoms with Gasteiger partial charge in [-0.2, -0.15) is 0 Å². The summed E-state index contributed by atoms with van der Waals surface area (Å²) in [6.45, 7) is 8.55. The molecule has 2 amide bonds. The highest BCUT2D eigenvalue weighted by Crippen LogP contribution is 2.46. The van der Waals surface area contributed by atoms with Crippen LogP contribution in [0.25, 0.3) is 0 Å². The highest BCUT2D eigenvalue weighted by Gasteiger charge is 2.62. The number of aliphatic carboxylic acids is 1. The first-order valence-corrected chi connectivity index (χ1v) is 12.5. The van der Waals surface area contributed by atoms with Gasteiger partial charge in [0.2, 0.25) is 0 Å². The van der Waals surface area contributed by atoms with E-state index in [-0.39, 0.29) is 6.54 Å². The molecule has 0 saturated heterocycles. The molecule has 3 rings (SSSR count). The van der Waals surface area contributed by atoms with Gasteiger partial charge < -0.3 is 24.8 Å². The normalized spacial score (nSPS) is 16.3. The van der Waals surface area contributed by atoms with Crippen LogP contribution >= 0.6 is 0 Å². The number of carbonyl (C=O) groups is 2. The number of benzene rings is 1. The number of urea groups is 1.